The van der Waals surface area contributed by atoms with Crippen LogP contribution in [-0.4, -0.2) is 50.5 Å². The Morgan fingerprint density at radius 3 is 2.84 bits per heavy atom. The standard InChI is InChI=1S/C32H41ClFN9O/c1-18-11-23(16-39-30(18)26-8-4-7-22(40-26)9-10-38-28(37)15-35)43-17-21-14-27(41-31(21)42-32(43)44)24-12-20(6-3-5-19(2)36)13-25(33)29(24)34/h11-14,16-17,19,22,26,40H,3-10,15,35-36H2,1-2H3,(H2,37,38)(H,41,42,44)/t19-,22-,26-/m0/s1. The molecule has 234 valence electrons. The zero-order chi connectivity index (χ0) is 31.4. The molecule has 5 rings (SSSR count). The topological polar surface area (TPSA) is 166 Å². The number of amidine groups is 1. The van der Waals surface area contributed by atoms with Crippen molar-refractivity contribution in [3.8, 4) is 16.9 Å². The minimum atomic E-state index is -0.522. The number of halogens is 2. The van der Waals surface area contributed by atoms with Gasteiger partial charge in [0.05, 0.1) is 34.8 Å². The first kappa shape index (κ1) is 31.8. The molecule has 12 heteroatoms. The average molecular weight is 622 g/mol. The van der Waals surface area contributed by atoms with Gasteiger partial charge in [0.2, 0.25) is 0 Å². The van der Waals surface area contributed by atoms with Crippen molar-refractivity contribution in [2.45, 2.75) is 76.9 Å². The van der Waals surface area contributed by atoms with Crippen molar-refractivity contribution >= 4 is 28.5 Å². The van der Waals surface area contributed by atoms with Gasteiger partial charge in [0, 0.05) is 41.8 Å². The number of rotatable bonds is 11. The fraction of sp³-hybridized carbons (Fsp3) is 0.438. The van der Waals surface area contributed by atoms with Gasteiger partial charge in [0.15, 0.2) is 5.82 Å². The summed E-state index contributed by atoms with van der Waals surface area (Å²) in [5, 5.41) is 4.42. The predicted molar refractivity (Wildman–Crippen MR) is 175 cm³/mol. The summed E-state index contributed by atoms with van der Waals surface area (Å²) in [7, 11) is 0. The highest BCUT2D eigenvalue weighted by Crippen LogP contribution is 2.32. The predicted octanol–water partition coefficient (Wildman–Crippen LogP) is 4.44. The zero-order valence-corrected chi connectivity index (χ0v) is 26.0. The molecule has 1 aliphatic heterocycles. The highest BCUT2D eigenvalue weighted by atomic mass is 35.5. The van der Waals surface area contributed by atoms with Crippen molar-refractivity contribution in [2.75, 3.05) is 13.1 Å². The van der Waals surface area contributed by atoms with Crippen LogP contribution in [0.2, 0.25) is 5.02 Å². The monoisotopic (exact) mass is 621 g/mol. The zero-order valence-electron chi connectivity index (χ0n) is 25.2. The molecule has 8 N–H and O–H groups in total. The lowest BCUT2D eigenvalue weighted by atomic mass is 9.93. The molecule has 44 heavy (non-hydrogen) atoms. The number of nitrogens with zero attached hydrogens (tertiary/aromatic N) is 4. The summed E-state index contributed by atoms with van der Waals surface area (Å²) in [6.07, 6.45) is 9.88. The van der Waals surface area contributed by atoms with Crippen LogP contribution >= 0.6 is 11.6 Å². The Morgan fingerprint density at radius 2 is 2.09 bits per heavy atom. The average Bonchev–Trinajstić information content (AvgIpc) is 3.40. The molecule has 4 heterocycles. The van der Waals surface area contributed by atoms with Crippen molar-refractivity contribution in [1.29, 1.82) is 0 Å². The van der Waals surface area contributed by atoms with Gasteiger partial charge in [-0.05, 0) is 94.2 Å². The number of aryl methyl sites for hydroxylation is 2. The maximum atomic E-state index is 15.1. The van der Waals surface area contributed by atoms with Crippen molar-refractivity contribution in [2.24, 2.45) is 22.2 Å². The van der Waals surface area contributed by atoms with E-state index in [0.29, 0.717) is 46.4 Å². The summed E-state index contributed by atoms with van der Waals surface area (Å²) in [6, 6.07) is 7.71. The van der Waals surface area contributed by atoms with Crippen LogP contribution in [0, 0.1) is 12.7 Å². The van der Waals surface area contributed by atoms with E-state index in [1.807, 2.05) is 19.9 Å². The molecule has 0 unspecified atom stereocenters. The lowest BCUT2D eigenvalue weighted by molar-refractivity contribution is 0.310. The first-order valence-corrected chi connectivity index (χ1v) is 15.6. The van der Waals surface area contributed by atoms with Crippen molar-refractivity contribution in [3.63, 3.8) is 0 Å². The number of hydrogen-bond acceptors (Lipinski definition) is 7. The normalized spacial score (nSPS) is 18.2. The fourth-order valence-corrected chi connectivity index (χ4v) is 6.14. The van der Waals surface area contributed by atoms with Gasteiger partial charge in [-0.25, -0.2) is 9.18 Å². The summed E-state index contributed by atoms with van der Waals surface area (Å²) < 4.78 is 16.6. The molecule has 1 fully saturated rings. The number of fused-ring (bicyclic) bond motifs is 1. The number of nitrogens with one attached hydrogen (secondary N) is 2. The second-order valence-corrected chi connectivity index (χ2v) is 12.2. The van der Waals surface area contributed by atoms with Gasteiger partial charge in [-0.1, -0.05) is 11.6 Å². The highest BCUT2D eigenvalue weighted by molar-refractivity contribution is 6.31. The Hall–Kier alpha value is -3.64. The van der Waals surface area contributed by atoms with E-state index in [1.165, 1.54) is 4.57 Å². The summed E-state index contributed by atoms with van der Waals surface area (Å²) in [4.78, 5) is 29.6. The van der Waals surface area contributed by atoms with E-state index < -0.39 is 11.5 Å². The van der Waals surface area contributed by atoms with Crippen molar-refractivity contribution in [3.05, 3.63) is 74.8 Å². The largest absolute Gasteiger partial charge is 0.386 e. The van der Waals surface area contributed by atoms with Gasteiger partial charge in [-0.3, -0.25) is 14.5 Å². The Bertz CT molecular complexity index is 1710. The number of H-pyrrole nitrogens is 1. The van der Waals surface area contributed by atoms with Crippen LogP contribution in [0.4, 0.5) is 4.39 Å². The number of aromatic amines is 1. The molecular formula is C32H41ClFN9O. The van der Waals surface area contributed by atoms with Gasteiger partial charge < -0.3 is 27.5 Å². The van der Waals surface area contributed by atoms with Crippen LogP contribution in [0.5, 0.6) is 0 Å². The van der Waals surface area contributed by atoms with Crippen LogP contribution in [0.25, 0.3) is 28.0 Å². The molecule has 3 atom stereocenters. The second-order valence-electron chi connectivity index (χ2n) is 11.8. The van der Waals surface area contributed by atoms with Crippen LogP contribution < -0.4 is 28.2 Å². The Labute approximate surface area is 261 Å². The van der Waals surface area contributed by atoms with Crippen molar-refractivity contribution in [1.82, 2.24) is 24.8 Å². The van der Waals surface area contributed by atoms with Gasteiger partial charge in [0.1, 0.15) is 11.5 Å². The molecule has 0 radical (unpaired) electrons. The van der Waals surface area contributed by atoms with Crippen LogP contribution in [0.1, 0.15) is 68.3 Å². The van der Waals surface area contributed by atoms with Crippen molar-refractivity contribution < 1.29 is 4.39 Å². The minimum absolute atomic E-state index is 0.0507. The number of hydrogen-bond donors (Lipinski definition) is 5. The molecule has 0 bridgehead atoms. The van der Waals surface area contributed by atoms with E-state index in [9.17, 15) is 4.79 Å². The third-order valence-corrected chi connectivity index (χ3v) is 8.48. The molecule has 1 saturated heterocycles. The SMILES string of the molecule is Cc1cc(-n2cc3cc(-c4cc(CCC[C@H](C)N)cc(Cl)c4F)[nH]c3nc2=O)cnc1[C@@H]1CCC[C@@H](CCN=C(N)CN)N1. The van der Waals surface area contributed by atoms with E-state index in [1.54, 1.807) is 30.6 Å². The Morgan fingerprint density at radius 1 is 1.27 bits per heavy atom. The number of benzene rings is 1. The molecule has 0 aliphatic carbocycles. The second kappa shape index (κ2) is 14.0. The van der Waals surface area contributed by atoms with E-state index in [4.69, 9.17) is 33.8 Å². The van der Waals surface area contributed by atoms with Crippen LogP contribution in [0.3, 0.4) is 0 Å². The molecule has 0 amide bonds. The number of pyridine rings is 1. The lowest BCUT2D eigenvalue weighted by Gasteiger charge is -2.31. The first-order valence-electron chi connectivity index (χ1n) is 15.2. The molecular weight excluding hydrogens is 581 g/mol. The number of nitrogens with two attached hydrogens (primary N) is 3. The summed E-state index contributed by atoms with van der Waals surface area (Å²) in [6.45, 7) is 4.87. The quantitative estimate of drug-likeness (QED) is 0.122. The van der Waals surface area contributed by atoms with E-state index in [2.05, 4.69) is 20.3 Å². The number of aliphatic imine (C=N–C) groups is 1. The summed E-state index contributed by atoms with van der Waals surface area (Å²) in [5.74, 6) is -0.0513. The van der Waals surface area contributed by atoms with Gasteiger partial charge in [0.25, 0.3) is 0 Å². The maximum Gasteiger partial charge on any atom is 0.354 e. The van der Waals surface area contributed by atoms with Gasteiger partial charge in [-0.15, -0.1) is 0 Å². The van der Waals surface area contributed by atoms with E-state index in [-0.39, 0.29) is 23.7 Å². The molecule has 1 aliphatic rings. The van der Waals surface area contributed by atoms with Gasteiger partial charge >= 0.3 is 5.69 Å². The highest BCUT2D eigenvalue weighted by Gasteiger charge is 2.24. The Balaban J connectivity index is 1.37. The third kappa shape index (κ3) is 7.35. The molecule has 4 aromatic rings. The summed E-state index contributed by atoms with van der Waals surface area (Å²) >= 11 is 6.26. The van der Waals surface area contributed by atoms with Gasteiger partial charge in [-0.2, -0.15) is 4.98 Å². The molecule has 0 spiro atoms. The van der Waals surface area contributed by atoms with Crippen LogP contribution in [-0.2, 0) is 6.42 Å². The molecule has 10 nitrogen and oxygen atoms in total. The smallest absolute Gasteiger partial charge is 0.354 e. The lowest BCUT2D eigenvalue weighted by Crippen LogP contribution is -2.38. The van der Waals surface area contributed by atoms with E-state index in [0.717, 1.165) is 61.8 Å². The minimum Gasteiger partial charge on any atom is -0.386 e. The first-order chi connectivity index (χ1) is 21.1. The summed E-state index contributed by atoms with van der Waals surface area (Å²) in [5.41, 5.74) is 21.4. The maximum absolute atomic E-state index is 15.1. The van der Waals surface area contributed by atoms with Crippen LogP contribution in [0.15, 0.2) is 46.4 Å². The molecule has 0 saturated carbocycles. The third-order valence-electron chi connectivity index (χ3n) is 8.21. The molecule has 1 aromatic carbocycles. The van der Waals surface area contributed by atoms with E-state index >= 15 is 4.39 Å². The Kier molecular flexibility index (Phi) is 10.1. The number of aromatic nitrogens is 4. The number of piperidine rings is 1. The fourth-order valence-electron chi connectivity index (χ4n) is 5.90. The molecule has 3 aromatic heterocycles.